The molecule has 0 saturated heterocycles. The Morgan fingerprint density at radius 2 is 1.96 bits per heavy atom. The quantitative estimate of drug-likeness (QED) is 0.840. The number of hydrogen-bond acceptors (Lipinski definition) is 5. The standard InChI is InChI=1S/C19H22N2O4S/c1-10-4-7-15-12(8-10)16(17(20)22)19(26-15)21-18(23)11-5-6-13(24-2)14(9-11)25-3/h5-6,9-10H,4,7-8H2,1-3H3,(H2,20,22)(H,21,23)/t10-/m1/s1. The van der Waals surface area contributed by atoms with Crippen molar-refractivity contribution in [3.05, 3.63) is 39.8 Å². The van der Waals surface area contributed by atoms with Crippen molar-refractivity contribution in [2.24, 2.45) is 11.7 Å². The van der Waals surface area contributed by atoms with Gasteiger partial charge < -0.3 is 20.5 Å². The Morgan fingerprint density at radius 3 is 2.62 bits per heavy atom. The molecule has 0 spiro atoms. The topological polar surface area (TPSA) is 90.6 Å². The molecule has 1 aliphatic rings. The molecular weight excluding hydrogens is 352 g/mol. The first-order chi connectivity index (χ1) is 12.4. The summed E-state index contributed by atoms with van der Waals surface area (Å²) in [6, 6.07) is 4.92. The van der Waals surface area contributed by atoms with Gasteiger partial charge in [0.2, 0.25) is 0 Å². The van der Waals surface area contributed by atoms with E-state index in [2.05, 4.69) is 12.2 Å². The third-order valence-corrected chi connectivity index (χ3v) is 5.83. The van der Waals surface area contributed by atoms with Crippen molar-refractivity contribution in [1.82, 2.24) is 0 Å². The van der Waals surface area contributed by atoms with Crippen molar-refractivity contribution in [1.29, 1.82) is 0 Å². The summed E-state index contributed by atoms with van der Waals surface area (Å²) in [7, 11) is 3.05. The van der Waals surface area contributed by atoms with Gasteiger partial charge in [-0.15, -0.1) is 11.3 Å². The van der Waals surface area contributed by atoms with Crippen LogP contribution in [0, 0.1) is 5.92 Å². The smallest absolute Gasteiger partial charge is 0.256 e. The van der Waals surface area contributed by atoms with Gasteiger partial charge in [-0.3, -0.25) is 9.59 Å². The molecule has 0 radical (unpaired) electrons. The first-order valence-electron chi connectivity index (χ1n) is 8.42. The van der Waals surface area contributed by atoms with Crippen LogP contribution < -0.4 is 20.5 Å². The molecule has 26 heavy (non-hydrogen) atoms. The molecule has 0 bridgehead atoms. The van der Waals surface area contributed by atoms with Gasteiger partial charge in [-0.25, -0.2) is 0 Å². The average molecular weight is 374 g/mol. The van der Waals surface area contributed by atoms with Crippen molar-refractivity contribution >= 4 is 28.2 Å². The Morgan fingerprint density at radius 1 is 1.23 bits per heavy atom. The van der Waals surface area contributed by atoms with Crippen LogP contribution in [0.3, 0.4) is 0 Å². The van der Waals surface area contributed by atoms with Crippen molar-refractivity contribution in [3.63, 3.8) is 0 Å². The second-order valence-electron chi connectivity index (χ2n) is 6.44. The van der Waals surface area contributed by atoms with Crippen LogP contribution >= 0.6 is 11.3 Å². The molecule has 1 aromatic carbocycles. The number of carbonyl (C=O) groups is 2. The number of nitrogens with two attached hydrogens (primary N) is 1. The first kappa shape index (κ1) is 18.3. The lowest BCUT2D eigenvalue weighted by Crippen LogP contribution is -2.19. The van der Waals surface area contributed by atoms with Crippen molar-refractivity contribution in [3.8, 4) is 11.5 Å². The molecule has 138 valence electrons. The Bertz CT molecular complexity index is 859. The summed E-state index contributed by atoms with van der Waals surface area (Å²) in [6.07, 6.45) is 2.80. The molecule has 1 aromatic heterocycles. The largest absolute Gasteiger partial charge is 0.493 e. The third-order valence-electron chi connectivity index (χ3n) is 4.63. The highest BCUT2D eigenvalue weighted by Crippen LogP contribution is 2.39. The lowest BCUT2D eigenvalue weighted by molar-refractivity contribution is 0.1000. The summed E-state index contributed by atoms with van der Waals surface area (Å²) >= 11 is 1.44. The predicted octanol–water partition coefficient (Wildman–Crippen LogP) is 3.24. The molecule has 2 amide bonds. The molecule has 1 heterocycles. The van der Waals surface area contributed by atoms with E-state index in [4.69, 9.17) is 15.2 Å². The average Bonchev–Trinajstić information content (AvgIpc) is 2.97. The molecule has 0 saturated carbocycles. The van der Waals surface area contributed by atoms with E-state index < -0.39 is 5.91 Å². The molecule has 3 rings (SSSR count). The molecule has 2 aromatic rings. The van der Waals surface area contributed by atoms with E-state index in [9.17, 15) is 9.59 Å². The van der Waals surface area contributed by atoms with E-state index in [1.807, 2.05) is 0 Å². The van der Waals surface area contributed by atoms with Gasteiger partial charge in [0, 0.05) is 10.4 Å². The molecule has 1 aliphatic carbocycles. The van der Waals surface area contributed by atoms with Gasteiger partial charge in [-0.1, -0.05) is 6.92 Å². The number of carbonyl (C=O) groups excluding carboxylic acids is 2. The fourth-order valence-electron chi connectivity index (χ4n) is 3.26. The van der Waals surface area contributed by atoms with Gasteiger partial charge in [0.25, 0.3) is 11.8 Å². The van der Waals surface area contributed by atoms with E-state index >= 15 is 0 Å². The zero-order valence-corrected chi connectivity index (χ0v) is 15.9. The summed E-state index contributed by atoms with van der Waals surface area (Å²) in [6.45, 7) is 2.16. The number of amides is 2. The minimum Gasteiger partial charge on any atom is -0.493 e. The number of primary amides is 1. The fraction of sp³-hybridized carbons (Fsp3) is 0.368. The molecule has 1 atom stereocenters. The Balaban J connectivity index is 1.91. The SMILES string of the molecule is COc1ccc(C(=O)Nc2sc3c(c2C(N)=O)C[C@H](C)CC3)cc1OC. The summed E-state index contributed by atoms with van der Waals surface area (Å²) in [4.78, 5) is 25.8. The highest BCUT2D eigenvalue weighted by atomic mass is 32.1. The van der Waals surface area contributed by atoms with Crippen LogP contribution in [0.25, 0.3) is 0 Å². The van der Waals surface area contributed by atoms with Crippen LogP contribution in [0.4, 0.5) is 5.00 Å². The van der Waals surface area contributed by atoms with E-state index in [-0.39, 0.29) is 5.91 Å². The van der Waals surface area contributed by atoms with Crippen LogP contribution in [-0.2, 0) is 12.8 Å². The Labute approximate surface area is 156 Å². The summed E-state index contributed by atoms with van der Waals surface area (Å²) < 4.78 is 10.4. The van der Waals surface area contributed by atoms with Crippen molar-refractivity contribution in [2.75, 3.05) is 19.5 Å². The third kappa shape index (κ3) is 3.39. The van der Waals surface area contributed by atoms with Gasteiger partial charge in [0.1, 0.15) is 5.00 Å². The summed E-state index contributed by atoms with van der Waals surface area (Å²) in [5.41, 5.74) is 7.46. The maximum Gasteiger partial charge on any atom is 0.256 e. The summed E-state index contributed by atoms with van der Waals surface area (Å²) in [5.74, 6) is 0.695. The molecule has 0 unspecified atom stereocenters. The second kappa shape index (κ2) is 7.37. The summed E-state index contributed by atoms with van der Waals surface area (Å²) in [5, 5.41) is 3.38. The number of anilines is 1. The van der Waals surface area contributed by atoms with E-state index in [1.165, 1.54) is 25.6 Å². The maximum absolute atomic E-state index is 12.7. The highest BCUT2D eigenvalue weighted by Gasteiger charge is 2.27. The molecule has 6 nitrogen and oxygen atoms in total. The minimum absolute atomic E-state index is 0.319. The number of fused-ring (bicyclic) bond motifs is 1. The molecule has 7 heteroatoms. The Kier molecular flexibility index (Phi) is 5.18. The van der Waals surface area contributed by atoms with Crippen molar-refractivity contribution in [2.45, 2.75) is 26.2 Å². The van der Waals surface area contributed by atoms with Gasteiger partial charge in [-0.05, 0) is 48.9 Å². The van der Waals surface area contributed by atoms with E-state index in [0.717, 1.165) is 29.7 Å². The number of rotatable bonds is 5. The lowest BCUT2D eigenvalue weighted by Gasteiger charge is -2.18. The first-order valence-corrected chi connectivity index (χ1v) is 9.24. The number of benzene rings is 1. The van der Waals surface area contributed by atoms with Crippen LogP contribution in [0.5, 0.6) is 11.5 Å². The minimum atomic E-state index is -0.501. The van der Waals surface area contributed by atoms with Crippen LogP contribution in [0.15, 0.2) is 18.2 Å². The van der Waals surface area contributed by atoms with E-state index in [0.29, 0.717) is 33.5 Å². The highest BCUT2D eigenvalue weighted by molar-refractivity contribution is 7.17. The zero-order chi connectivity index (χ0) is 18.8. The number of thiophene rings is 1. The molecule has 0 aliphatic heterocycles. The molecular formula is C19H22N2O4S. The van der Waals surface area contributed by atoms with Gasteiger partial charge >= 0.3 is 0 Å². The molecule has 0 fully saturated rings. The van der Waals surface area contributed by atoms with E-state index in [1.54, 1.807) is 18.2 Å². The number of nitrogens with one attached hydrogen (secondary N) is 1. The second-order valence-corrected chi connectivity index (χ2v) is 7.55. The normalized spacial score (nSPS) is 15.9. The van der Waals surface area contributed by atoms with Gasteiger partial charge in [0.15, 0.2) is 11.5 Å². The van der Waals surface area contributed by atoms with Gasteiger partial charge in [-0.2, -0.15) is 0 Å². The number of ether oxygens (including phenoxy) is 2. The fourth-order valence-corrected chi connectivity index (χ4v) is 4.50. The lowest BCUT2D eigenvalue weighted by atomic mass is 9.87. The van der Waals surface area contributed by atoms with Gasteiger partial charge in [0.05, 0.1) is 19.8 Å². The maximum atomic E-state index is 12.7. The van der Waals surface area contributed by atoms with Crippen LogP contribution in [0.1, 0.15) is 44.5 Å². The number of methoxy groups -OCH3 is 2. The van der Waals surface area contributed by atoms with Crippen LogP contribution in [0.2, 0.25) is 0 Å². The Hall–Kier alpha value is -2.54. The zero-order valence-electron chi connectivity index (χ0n) is 15.0. The predicted molar refractivity (Wildman–Crippen MR) is 102 cm³/mol. The molecule has 3 N–H and O–H groups in total. The van der Waals surface area contributed by atoms with Crippen LogP contribution in [-0.4, -0.2) is 26.0 Å². The monoisotopic (exact) mass is 374 g/mol. The number of aryl methyl sites for hydroxylation is 1. The van der Waals surface area contributed by atoms with Crippen molar-refractivity contribution < 1.29 is 19.1 Å². The number of hydrogen-bond donors (Lipinski definition) is 2.